The van der Waals surface area contributed by atoms with E-state index in [0.717, 1.165) is 40.4 Å². The lowest BCUT2D eigenvalue weighted by Gasteiger charge is -2.38. The SMILES string of the molecule is CCOc1ccc(-c2nc(CC(=O)NCC3(c4cccc(F)c4)CCOCC3)cs2)cc1. The van der Waals surface area contributed by atoms with Gasteiger partial charge in [-0.05, 0) is 61.7 Å². The Kier molecular flexibility index (Phi) is 7.17. The van der Waals surface area contributed by atoms with E-state index in [4.69, 9.17) is 9.47 Å². The van der Waals surface area contributed by atoms with Crippen LogP contribution >= 0.6 is 11.3 Å². The van der Waals surface area contributed by atoms with E-state index < -0.39 is 0 Å². The molecule has 3 aromatic rings. The number of hydrogen-bond acceptors (Lipinski definition) is 5. The Bertz CT molecular complexity index is 1050. The summed E-state index contributed by atoms with van der Waals surface area (Å²) in [6.07, 6.45) is 1.70. The van der Waals surface area contributed by atoms with Gasteiger partial charge in [0.1, 0.15) is 16.6 Å². The zero-order valence-corrected chi connectivity index (χ0v) is 18.9. The summed E-state index contributed by atoms with van der Waals surface area (Å²) >= 11 is 1.52. The second kappa shape index (κ2) is 10.2. The highest BCUT2D eigenvalue weighted by atomic mass is 32.1. The van der Waals surface area contributed by atoms with Crippen LogP contribution in [0.25, 0.3) is 10.6 Å². The van der Waals surface area contributed by atoms with Gasteiger partial charge in [0.05, 0.1) is 18.7 Å². The Morgan fingerprint density at radius 1 is 1.22 bits per heavy atom. The molecule has 1 amide bonds. The zero-order valence-electron chi connectivity index (χ0n) is 18.1. The molecule has 2 aromatic carbocycles. The van der Waals surface area contributed by atoms with Gasteiger partial charge in [-0.1, -0.05) is 12.1 Å². The minimum Gasteiger partial charge on any atom is -0.494 e. The number of hydrogen-bond donors (Lipinski definition) is 1. The molecule has 0 bridgehead atoms. The van der Waals surface area contributed by atoms with Crippen molar-refractivity contribution >= 4 is 17.2 Å². The lowest BCUT2D eigenvalue weighted by molar-refractivity contribution is -0.121. The fourth-order valence-electron chi connectivity index (χ4n) is 4.02. The van der Waals surface area contributed by atoms with Gasteiger partial charge in [0.25, 0.3) is 0 Å². The Labute approximate surface area is 191 Å². The van der Waals surface area contributed by atoms with Crippen LogP contribution in [-0.4, -0.2) is 37.3 Å². The third-order valence-electron chi connectivity index (χ3n) is 5.82. The Balaban J connectivity index is 1.39. The minimum atomic E-state index is -0.314. The number of carbonyl (C=O) groups excluding carboxylic acids is 1. The third kappa shape index (κ3) is 5.34. The van der Waals surface area contributed by atoms with E-state index in [1.165, 1.54) is 17.4 Å². The van der Waals surface area contributed by atoms with Gasteiger partial charge < -0.3 is 14.8 Å². The summed E-state index contributed by atoms with van der Waals surface area (Å²) in [7, 11) is 0. The molecule has 0 radical (unpaired) electrons. The van der Waals surface area contributed by atoms with Gasteiger partial charge in [0.15, 0.2) is 0 Å². The molecule has 4 rings (SSSR count). The number of amides is 1. The molecular weight excluding hydrogens is 427 g/mol. The predicted octanol–water partition coefficient (Wildman–Crippen LogP) is 4.76. The maximum atomic E-state index is 13.8. The van der Waals surface area contributed by atoms with Gasteiger partial charge in [-0.2, -0.15) is 0 Å². The summed E-state index contributed by atoms with van der Waals surface area (Å²) in [5.74, 6) is 0.479. The summed E-state index contributed by atoms with van der Waals surface area (Å²) in [6, 6.07) is 14.5. The van der Waals surface area contributed by atoms with Crippen LogP contribution in [0, 0.1) is 5.82 Å². The second-order valence-corrected chi connectivity index (χ2v) is 8.82. The topological polar surface area (TPSA) is 60.5 Å². The Hall–Kier alpha value is -2.77. The molecule has 1 aromatic heterocycles. The van der Waals surface area contributed by atoms with Crippen molar-refractivity contribution in [2.75, 3.05) is 26.4 Å². The first-order chi connectivity index (χ1) is 15.6. The molecule has 0 saturated carbocycles. The van der Waals surface area contributed by atoms with Crippen LogP contribution in [0.5, 0.6) is 5.75 Å². The molecule has 1 fully saturated rings. The maximum Gasteiger partial charge on any atom is 0.226 e. The van der Waals surface area contributed by atoms with E-state index in [0.29, 0.717) is 26.4 Å². The molecule has 1 saturated heterocycles. The summed E-state index contributed by atoms with van der Waals surface area (Å²) < 4.78 is 24.8. The smallest absolute Gasteiger partial charge is 0.226 e. The first-order valence-corrected chi connectivity index (χ1v) is 11.7. The van der Waals surface area contributed by atoms with E-state index in [1.54, 1.807) is 12.1 Å². The van der Waals surface area contributed by atoms with Crippen molar-refractivity contribution in [1.29, 1.82) is 0 Å². The molecular formula is C25H27FN2O3S. The standard InChI is InChI=1S/C25H27FN2O3S/c1-2-31-22-8-6-18(7-9-22)24-28-21(16-32-24)15-23(29)27-17-25(10-12-30-13-11-25)19-4-3-5-20(26)14-19/h3-9,14,16H,2,10-13,15,17H2,1H3,(H,27,29). The molecule has 0 spiro atoms. The van der Waals surface area contributed by atoms with E-state index in [9.17, 15) is 9.18 Å². The molecule has 7 heteroatoms. The monoisotopic (exact) mass is 454 g/mol. The quantitative estimate of drug-likeness (QED) is 0.533. The van der Waals surface area contributed by atoms with E-state index in [1.807, 2.05) is 42.6 Å². The first-order valence-electron chi connectivity index (χ1n) is 10.9. The lowest BCUT2D eigenvalue weighted by Crippen LogP contribution is -2.45. The Morgan fingerprint density at radius 2 is 2.00 bits per heavy atom. The highest BCUT2D eigenvalue weighted by molar-refractivity contribution is 7.13. The van der Waals surface area contributed by atoms with E-state index in [2.05, 4.69) is 10.3 Å². The number of benzene rings is 2. The first kappa shape index (κ1) is 22.4. The number of carbonyl (C=O) groups is 1. The highest BCUT2D eigenvalue weighted by Gasteiger charge is 2.35. The molecule has 1 aliphatic heterocycles. The van der Waals surface area contributed by atoms with Crippen LogP contribution in [0.2, 0.25) is 0 Å². The van der Waals surface area contributed by atoms with Gasteiger partial charge in [0, 0.05) is 36.1 Å². The average molecular weight is 455 g/mol. The van der Waals surface area contributed by atoms with Crippen molar-refractivity contribution < 1.29 is 18.7 Å². The molecule has 0 unspecified atom stereocenters. The minimum absolute atomic E-state index is 0.0872. The zero-order chi connectivity index (χ0) is 22.4. The van der Waals surface area contributed by atoms with Crippen molar-refractivity contribution in [2.24, 2.45) is 0 Å². The molecule has 5 nitrogen and oxygen atoms in total. The van der Waals surface area contributed by atoms with Crippen LogP contribution in [-0.2, 0) is 21.4 Å². The number of ether oxygens (including phenoxy) is 2. The van der Waals surface area contributed by atoms with Crippen molar-refractivity contribution in [1.82, 2.24) is 10.3 Å². The second-order valence-electron chi connectivity index (χ2n) is 7.96. The summed E-state index contributed by atoms with van der Waals surface area (Å²) in [5.41, 5.74) is 2.33. The number of nitrogens with zero attached hydrogens (tertiary/aromatic N) is 1. The van der Waals surface area contributed by atoms with E-state index in [-0.39, 0.29) is 23.6 Å². The van der Waals surface area contributed by atoms with Gasteiger partial charge in [0.2, 0.25) is 5.91 Å². The summed E-state index contributed by atoms with van der Waals surface area (Å²) in [5, 5.41) is 5.85. The van der Waals surface area contributed by atoms with Crippen molar-refractivity contribution in [2.45, 2.75) is 31.6 Å². The van der Waals surface area contributed by atoms with Crippen LogP contribution in [0.3, 0.4) is 0 Å². The van der Waals surface area contributed by atoms with Gasteiger partial charge >= 0.3 is 0 Å². The molecule has 32 heavy (non-hydrogen) atoms. The van der Waals surface area contributed by atoms with Gasteiger partial charge in [-0.25, -0.2) is 9.37 Å². The fraction of sp³-hybridized carbons (Fsp3) is 0.360. The molecule has 1 N–H and O–H groups in total. The predicted molar refractivity (Wildman–Crippen MR) is 124 cm³/mol. The molecule has 0 aliphatic carbocycles. The van der Waals surface area contributed by atoms with E-state index >= 15 is 0 Å². The Morgan fingerprint density at radius 3 is 2.72 bits per heavy atom. The molecule has 1 aliphatic rings. The third-order valence-corrected chi connectivity index (χ3v) is 6.76. The number of aromatic nitrogens is 1. The van der Waals surface area contributed by atoms with Crippen LogP contribution < -0.4 is 10.1 Å². The lowest BCUT2D eigenvalue weighted by atomic mass is 9.74. The average Bonchev–Trinajstić information content (AvgIpc) is 3.27. The summed E-state index contributed by atoms with van der Waals surface area (Å²) in [6.45, 7) is 4.24. The largest absolute Gasteiger partial charge is 0.494 e. The number of nitrogens with one attached hydrogen (secondary N) is 1. The number of thiazole rings is 1. The normalized spacial score (nSPS) is 15.3. The molecule has 168 valence electrons. The van der Waals surface area contributed by atoms with Gasteiger partial charge in [-0.15, -0.1) is 11.3 Å². The van der Waals surface area contributed by atoms with Gasteiger partial charge in [-0.3, -0.25) is 4.79 Å². The van der Waals surface area contributed by atoms with Crippen molar-refractivity contribution in [3.63, 3.8) is 0 Å². The van der Waals surface area contributed by atoms with Crippen LogP contribution in [0.4, 0.5) is 4.39 Å². The van der Waals surface area contributed by atoms with Crippen molar-refractivity contribution in [3.8, 4) is 16.3 Å². The number of halogens is 1. The van der Waals surface area contributed by atoms with Crippen LogP contribution in [0.1, 0.15) is 31.0 Å². The van der Waals surface area contributed by atoms with Crippen LogP contribution in [0.15, 0.2) is 53.9 Å². The highest BCUT2D eigenvalue weighted by Crippen LogP contribution is 2.34. The fourth-order valence-corrected chi connectivity index (χ4v) is 4.85. The summed E-state index contributed by atoms with van der Waals surface area (Å²) in [4.78, 5) is 17.3. The molecule has 2 heterocycles. The van der Waals surface area contributed by atoms with Crippen molar-refractivity contribution in [3.05, 3.63) is 71.0 Å². The maximum absolute atomic E-state index is 13.8. The molecule has 0 atom stereocenters. The number of rotatable bonds is 8.